The van der Waals surface area contributed by atoms with Crippen molar-refractivity contribution in [3.05, 3.63) is 47.3 Å². The molecule has 1 N–H and O–H groups in total. The Hall–Kier alpha value is -1.74. The molecule has 1 aliphatic carbocycles. The normalized spacial score (nSPS) is 18.1. The molecule has 21 heavy (non-hydrogen) atoms. The fourth-order valence-corrected chi connectivity index (χ4v) is 3.01. The Kier molecular flexibility index (Phi) is 4.30. The van der Waals surface area contributed by atoms with Crippen molar-refractivity contribution in [3.8, 4) is 11.4 Å². The van der Waals surface area contributed by atoms with Gasteiger partial charge in [-0.05, 0) is 32.7 Å². The molecule has 0 fully saturated rings. The van der Waals surface area contributed by atoms with Gasteiger partial charge in [0.15, 0.2) is 5.82 Å². The number of rotatable bonds is 3. The van der Waals surface area contributed by atoms with Gasteiger partial charge in [-0.1, -0.05) is 43.2 Å². The SMILES string of the molecule is CCNC1CCCCc2nc(-c3ccc(C)cc3)ncc21. The number of nitrogens with zero attached hydrogens (tertiary/aromatic N) is 2. The van der Waals surface area contributed by atoms with Crippen molar-refractivity contribution >= 4 is 0 Å². The lowest BCUT2D eigenvalue weighted by molar-refractivity contribution is 0.502. The van der Waals surface area contributed by atoms with Gasteiger partial charge < -0.3 is 5.32 Å². The van der Waals surface area contributed by atoms with Crippen molar-refractivity contribution in [1.29, 1.82) is 0 Å². The molecular weight excluding hydrogens is 258 g/mol. The van der Waals surface area contributed by atoms with Crippen LogP contribution in [-0.2, 0) is 6.42 Å². The third kappa shape index (κ3) is 3.13. The van der Waals surface area contributed by atoms with Crippen LogP contribution in [0.25, 0.3) is 11.4 Å². The lowest BCUT2D eigenvalue weighted by Crippen LogP contribution is -2.21. The fraction of sp³-hybridized carbons (Fsp3) is 0.444. The maximum Gasteiger partial charge on any atom is 0.159 e. The standard InChI is InChI=1S/C18H23N3/c1-3-19-16-6-4-5-7-17-15(16)12-20-18(21-17)14-10-8-13(2)9-11-14/h8-12,16,19H,3-7H2,1-2H3. The van der Waals surface area contributed by atoms with Gasteiger partial charge in [0.1, 0.15) is 0 Å². The molecule has 110 valence electrons. The highest BCUT2D eigenvalue weighted by Gasteiger charge is 2.20. The van der Waals surface area contributed by atoms with Crippen molar-refractivity contribution in [1.82, 2.24) is 15.3 Å². The van der Waals surface area contributed by atoms with Crippen LogP contribution >= 0.6 is 0 Å². The minimum Gasteiger partial charge on any atom is -0.310 e. The van der Waals surface area contributed by atoms with Crippen LogP contribution < -0.4 is 5.32 Å². The number of nitrogens with one attached hydrogen (secondary N) is 1. The van der Waals surface area contributed by atoms with Crippen molar-refractivity contribution in [2.24, 2.45) is 0 Å². The Morgan fingerprint density at radius 2 is 2.00 bits per heavy atom. The Labute approximate surface area is 126 Å². The summed E-state index contributed by atoms with van der Waals surface area (Å²) in [7, 11) is 0. The van der Waals surface area contributed by atoms with E-state index in [0.29, 0.717) is 6.04 Å². The first-order chi connectivity index (χ1) is 10.3. The Balaban J connectivity index is 1.96. The first-order valence-corrected chi connectivity index (χ1v) is 7.94. The van der Waals surface area contributed by atoms with E-state index in [1.165, 1.54) is 36.1 Å². The lowest BCUT2D eigenvalue weighted by Gasteiger charge is -2.18. The largest absolute Gasteiger partial charge is 0.310 e. The molecule has 1 atom stereocenters. The van der Waals surface area contributed by atoms with Crippen LogP contribution in [0.3, 0.4) is 0 Å². The molecule has 0 spiro atoms. The van der Waals surface area contributed by atoms with Crippen molar-refractivity contribution in [3.63, 3.8) is 0 Å². The highest BCUT2D eigenvalue weighted by Crippen LogP contribution is 2.28. The molecule has 0 bridgehead atoms. The minimum atomic E-state index is 0.416. The number of fused-ring (bicyclic) bond motifs is 1. The molecular formula is C18H23N3. The van der Waals surface area contributed by atoms with Gasteiger partial charge in [-0.15, -0.1) is 0 Å². The van der Waals surface area contributed by atoms with Crippen LogP contribution in [0.1, 0.15) is 49.0 Å². The summed E-state index contributed by atoms with van der Waals surface area (Å²) in [6.07, 6.45) is 6.77. The molecule has 3 rings (SSSR count). The van der Waals surface area contributed by atoms with Crippen molar-refractivity contribution in [2.45, 2.75) is 45.6 Å². The molecule has 0 saturated carbocycles. The molecule has 0 radical (unpaired) electrons. The van der Waals surface area contributed by atoms with Gasteiger partial charge in [0.2, 0.25) is 0 Å². The summed E-state index contributed by atoms with van der Waals surface area (Å²) < 4.78 is 0. The first-order valence-electron chi connectivity index (χ1n) is 7.94. The molecule has 1 heterocycles. The van der Waals surface area contributed by atoms with Crippen LogP contribution in [0.2, 0.25) is 0 Å². The summed E-state index contributed by atoms with van der Waals surface area (Å²) >= 11 is 0. The maximum absolute atomic E-state index is 4.85. The summed E-state index contributed by atoms with van der Waals surface area (Å²) in [5, 5.41) is 3.57. The molecule has 0 saturated heterocycles. The van der Waals surface area contributed by atoms with Gasteiger partial charge in [-0.2, -0.15) is 0 Å². The molecule has 3 heteroatoms. The first kappa shape index (κ1) is 14.2. The topological polar surface area (TPSA) is 37.8 Å². The molecule has 1 unspecified atom stereocenters. The number of aromatic nitrogens is 2. The summed E-state index contributed by atoms with van der Waals surface area (Å²) in [6, 6.07) is 8.86. The van der Waals surface area contributed by atoms with Crippen LogP contribution in [0, 0.1) is 6.92 Å². The summed E-state index contributed by atoms with van der Waals surface area (Å²) in [6.45, 7) is 5.25. The van der Waals surface area contributed by atoms with Crippen molar-refractivity contribution < 1.29 is 0 Å². The van der Waals surface area contributed by atoms with E-state index in [0.717, 1.165) is 24.4 Å². The summed E-state index contributed by atoms with van der Waals surface area (Å²) in [5.41, 5.74) is 4.89. The monoisotopic (exact) mass is 281 g/mol. The zero-order chi connectivity index (χ0) is 14.7. The van der Waals surface area contributed by atoms with Gasteiger partial charge in [0.05, 0.1) is 0 Å². The second-order valence-corrected chi connectivity index (χ2v) is 5.82. The smallest absolute Gasteiger partial charge is 0.159 e. The van der Waals surface area contributed by atoms with E-state index in [-0.39, 0.29) is 0 Å². The minimum absolute atomic E-state index is 0.416. The third-order valence-electron chi connectivity index (χ3n) is 4.19. The zero-order valence-electron chi connectivity index (χ0n) is 12.9. The lowest BCUT2D eigenvalue weighted by atomic mass is 10.0. The quantitative estimate of drug-likeness (QED) is 0.869. The average Bonchev–Trinajstić information content (AvgIpc) is 2.70. The molecule has 0 amide bonds. The van der Waals surface area contributed by atoms with Gasteiger partial charge in [0, 0.05) is 29.1 Å². The molecule has 0 aliphatic heterocycles. The van der Waals surface area contributed by atoms with Crippen molar-refractivity contribution in [2.75, 3.05) is 6.54 Å². The van der Waals surface area contributed by atoms with E-state index >= 15 is 0 Å². The number of hydrogen-bond donors (Lipinski definition) is 1. The number of hydrogen-bond acceptors (Lipinski definition) is 3. The van der Waals surface area contributed by atoms with E-state index < -0.39 is 0 Å². The van der Waals surface area contributed by atoms with Gasteiger partial charge >= 0.3 is 0 Å². The van der Waals surface area contributed by atoms with Gasteiger partial charge in [0.25, 0.3) is 0 Å². The van der Waals surface area contributed by atoms with E-state index in [4.69, 9.17) is 4.98 Å². The van der Waals surface area contributed by atoms with Crippen LogP contribution in [0.5, 0.6) is 0 Å². The molecule has 1 aliphatic rings. The van der Waals surface area contributed by atoms with Crippen LogP contribution in [0.15, 0.2) is 30.5 Å². The van der Waals surface area contributed by atoms with Crippen LogP contribution in [0.4, 0.5) is 0 Å². The Bertz CT molecular complexity index is 604. The van der Waals surface area contributed by atoms with Gasteiger partial charge in [-0.25, -0.2) is 9.97 Å². The zero-order valence-corrected chi connectivity index (χ0v) is 12.9. The van der Waals surface area contributed by atoms with E-state index in [1.54, 1.807) is 0 Å². The summed E-state index contributed by atoms with van der Waals surface area (Å²) in [4.78, 5) is 9.47. The molecule has 1 aromatic heterocycles. The predicted octanol–water partition coefficient (Wildman–Crippen LogP) is 3.83. The fourth-order valence-electron chi connectivity index (χ4n) is 3.01. The molecule has 1 aromatic carbocycles. The van der Waals surface area contributed by atoms with E-state index in [1.807, 2.05) is 6.20 Å². The molecule has 2 aromatic rings. The molecule has 3 nitrogen and oxygen atoms in total. The Morgan fingerprint density at radius 1 is 1.19 bits per heavy atom. The summed E-state index contributed by atoms with van der Waals surface area (Å²) in [5.74, 6) is 0.853. The highest BCUT2D eigenvalue weighted by atomic mass is 14.9. The average molecular weight is 281 g/mol. The second-order valence-electron chi connectivity index (χ2n) is 5.82. The number of aryl methyl sites for hydroxylation is 2. The van der Waals surface area contributed by atoms with E-state index in [9.17, 15) is 0 Å². The van der Waals surface area contributed by atoms with Crippen LogP contribution in [-0.4, -0.2) is 16.5 Å². The second kappa shape index (κ2) is 6.35. The van der Waals surface area contributed by atoms with Gasteiger partial charge in [-0.3, -0.25) is 0 Å². The maximum atomic E-state index is 4.85. The highest BCUT2D eigenvalue weighted by molar-refractivity contribution is 5.55. The predicted molar refractivity (Wildman–Crippen MR) is 86.2 cm³/mol. The Morgan fingerprint density at radius 3 is 2.76 bits per heavy atom. The number of benzene rings is 1. The van der Waals surface area contributed by atoms with E-state index in [2.05, 4.69) is 48.4 Å². The third-order valence-corrected chi connectivity index (χ3v) is 4.19.